The van der Waals surface area contributed by atoms with E-state index in [1.807, 2.05) is 13.8 Å². The quantitative estimate of drug-likeness (QED) is 0.809. The van der Waals surface area contributed by atoms with Crippen molar-refractivity contribution in [3.63, 3.8) is 0 Å². The lowest BCUT2D eigenvalue weighted by molar-refractivity contribution is -0.119. The van der Waals surface area contributed by atoms with Gasteiger partial charge in [0.1, 0.15) is 6.33 Å². The summed E-state index contributed by atoms with van der Waals surface area (Å²) in [6.45, 7) is 6.15. The Kier molecular flexibility index (Phi) is 4.81. The molecule has 1 aromatic heterocycles. The third-order valence-corrected chi connectivity index (χ3v) is 2.09. The lowest BCUT2D eigenvalue weighted by Crippen LogP contribution is -2.32. The molecule has 1 rings (SSSR count). The van der Waals surface area contributed by atoms with Gasteiger partial charge in [0.25, 0.3) is 0 Å². The maximum atomic E-state index is 13.4. The molecule has 0 aliphatic carbocycles. The number of aryl methyl sites for hydroxylation is 1. The predicted octanol–water partition coefficient (Wildman–Crippen LogP) is 1.11. The molecule has 5 nitrogen and oxygen atoms in total. The maximum Gasteiger partial charge on any atom is 0.239 e. The van der Waals surface area contributed by atoms with Crippen LogP contribution in [-0.4, -0.2) is 29.0 Å². The summed E-state index contributed by atoms with van der Waals surface area (Å²) in [6, 6.07) is 0. The minimum absolute atomic E-state index is 0.0000926. The highest BCUT2D eigenvalue weighted by molar-refractivity contribution is 5.80. The summed E-state index contributed by atoms with van der Waals surface area (Å²) in [7, 11) is 0. The predicted molar refractivity (Wildman–Crippen MR) is 63.1 cm³/mol. The molecular weight excluding hydrogens is 223 g/mol. The normalized spacial score (nSPS) is 10.4. The number of hydrogen-bond donors (Lipinski definition) is 2. The Hall–Kier alpha value is -1.72. The fraction of sp³-hybridized carbons (Fsp3) is 0.545. The third kappa shape index (κ3) is 4.34. The van der Waals surface area contributed by atoms with Crippen LogP contribution in [0.25, 0.3) is 0 Å². The van der Waals surface area contributed by atoms with E-state index < -0.39 is 5.82 Å². The van der Waals surface area contributed by atoms with Gasteiger partial charge in [0, 0.05) is 6.54 Å². The molecule has 0 aliphatic rings. The molecule has 0 saturated carbocycles. The summed E-state index contributed by atoms with van der Waals surface area (Å²) in [5, 5.41) is 5.36. The highest BCUT2D eigenvalue weighted by Gasteiger charge is 2.08. The van der Waals surface area contributed by atoms with Crippen LogP contribution in [-0.2, 0) is 4.79 Å². The van der Waals surface area contributed by atoms with Crippen LogP contribution in [0, 0.1) is 18.7 Å². The number of amides is 1. The van der Waals surface area contributed by atoms with Crippen molar-refractivity contribution < 1.29 is 9.18 Å². The van der Waals surface area contributed by atoms with E-state index >= 15 is 0 Å². The Morgan fingerprint density at radius 2 is 2.18 bits per heavy atom. The average Bonchev–Trinajstić information content (AvgIpc) is 2.28. The van der Waals surface area contributed by atoms with Crippen LogP contribution in [0.4, 0.5) is 10.2 Å². The van der Waals surface area contributed by atoms with Gasteiger partial charge in [-0.05, 0) is 12.8 Å². The van der Waals surface area contributed by atoms with E-state index in [1.165, 1.54) is 6.33 Å². The van der Waals surface area contributed by atoms with E-state index in [0.717, 1.165) is 0 Å². The topological polar surface area (TPSA) is 66.9 Å². The van der Waals surface area contributed by atoms with Gasteiger partial charge < -0.3 is 10.6 Å². The number of halogens is 1. The molecule has 17 heavy (non-hydrogen) atoms. The molecule has 94 valence electrons. The fourth-order valence-corrected chi connectivity index (χ4v) is 1.13. The lowest BCUT2D eigenvalue weighted by Gasteiger charge is -2.09. The number of hydrogen-bond acceptors (Lipinski definition) is 4. The highest BCUT2D eigenvalue weighted by Crippen LogP contribution is 2.10. The van der Waals surface area contributed by atoms with Gasteiger partial charge in [0.2, 0.25) is 5.91 Å². The van der Waals surface area contributed by atoms with Gasteiger partial charge in [0.15, 0.2) is 11.6 Å². The Bertz CT molecular complexity index is 395. The first kappa shape index (κ1) is 13.3. The van der Waals surface area contributed by atoms with E-state index in [9.17, 15) is 9.18 Å². The summed E-state index contributed by atoms with van der Waals surface area (Å²) >= 11 is 0. The van der Waals surface area contributed by atoms with Gasteiger partial charge >= 0.3 is 0 Å². The minimum Gasteiger partial charge on any atom is -0.358 e. The van der Waals surface area contributed by atoms with Crippen molar-refractivity contribution in [2.75, 3.05) is 18.4 Å². The van der Waals surface area contributed by atoms with Gasteiger partial charge in [-0.15, -0.1) is 0 Å². The van der Waals surface area contributed by atoms with Crippen LogP contribution >= 0.6 is 0 Å². The first-order valence-corrected chi connectivity index (χ1v) is 5.48. The molecule has 0 spiro atoms. The number of carbonyl (C=O) groups excluding carboxylic acids is 1. The molecule has 1 aromatic rings. The molecule has 1 heterocycles. The minimum atomic E-state index is -0.524. The van der Waals surface area contributed by atoms with E-state index in [2.05, 4.69) is 20.6 Å². The van der Waals surface area contributed by atoms with Crippen molar-refractivity contribution in [2.45, 2.75) is 20.8 Å². The van der Waals surface area contributed by atoms with E-state index in [-0.39, 0.29) is 24.0 Å². The molecule has 0 bridgehead atoms. The Labute approximate surface area is 99.9 Å². The zero-order chi connectivity index (χ0) is 12.8. The molecule has 0 atom stereocenters. The molecule has 0 radical (unpaired) electrons. The first-order chi connectivity index (χ1) is 8.00. The molecule has 0 aromatic carbocycles. The Morgan fingerprint density at radius 3 is 2.82 bits per heavy atom. The number of anilines is 1. The SMILES string of the molecule is Cc1ncnc(NCC(=O)NCC(C)C)c1F. The number of nitrogens with one attached hydrogen (secondary N) is 2. The second-order valence-corrected chi connectivity index (χ2v) is 4.17. The second kappa shape index (κ2) is 6.12. The van der Waals surface area contributed by atoms with E-state index in [0.29, 0.717) is 12.5 Å². The molecule has 6 heteroatoms. The van der Waals surface area contributed by atoms with Crippen molar-refractivity contribution in [3.05, 3.63) is 17.8 Å². The van der Waals surface area contributed by atoms with Gasteiger partial charge in [-0.25, -0.2) is 14.4 Å². The molecule has 0 unspecified atom stereocenters. The number of aromatic nitrogens is 2. The van der Waals surface area contributed by atoms with Gasteiger partial charge in [-0.2, -0.15) is 0 Å². The summed E-state index contributed by atoms with van der Waals surface area (Å²) in [5.74, 6) is -0.271. The average molecular weight is 240 g/mol. The van der Waals surface area contributed by atoms with Gasteiger partial charge in [0.05, 0.1) is 12.2 Å². The Balaban J connectivity index is 2.45. The zero-order valence-corrected chi connectivity index (χ0v) is 10.2. The van der Waals surface area contributed by atoms with Crippen LogP contribution in [0.15, 0.2) is 6.33 Å². The summed E-state index contributed by atoms with van der Waals surface area (Å²) in [4.78, 5) is 18.8. The molecule has 2 N–H and O–H groups in total. The monoisotopic (exact) mass is 240 g/mol. The Morgan fingerprint density at radius 1 is 1.47 bits per heavy atom. The van der Waals surface area contributed by atoms with Gasteiger partial charge in [-0.1, -0.05) is 13.8 Å². The van der Waals surface area contributed by atoms with Crippen molar-refractivity contribution in [2.24, 2.45) is 5.92 Å². The third-order valence-electron chi connectivity index (χ3n) is 2.09. The van der Waals surface area contributed by atoms with Gasteiger partial charge in [-0.3, -0.25) is 4.79 Å². The van der Waals surface area contributed by atoms with Crippen LogP contribution in [0.3, 0.4) is 0 Å². The fourth-order valence-electron chi connectivity index (χ4n) is 1.13. The molecular formula is C11H17FN4O. The molecule has 1 amide bonds. The molecule has 0 fully saturated rings. The van der Waals surface area contributed by atoms with Crippen molar-refractivity contribution >= 4 is 11.7 Å². The van der Waals surface area contributed by atoms with Crippen LogP contribution < -0.4 is 10.6 Å². The maximum absolute atomic E-state index is 13.4. The van der Waals surface area contributed by atoms with Crippen molar-refractivity contribution in [3.8, 4) is 0 Å². The largest absolute Gasteiger partial charge is 0.358 e. The van der Waals surface area contributed by atoms with E-state index in [4.69, 9.17) is 0 Å². The summed E-state index contributed by atoms with van der Waals surface area (Å²) in [5.41, 5.74) is 0.255. The van der Waals surface area contributed by atoms with E-state index in [1.54, 1.807) is 6.92 Å². The smallest absolute Gasteiger partial charge is 0.239 e. The number of rotatable bonds is 5. The van der Waals surface area contributed by atoms with Crippen LogP contribution in [0.1, 0.15) is 19.5 Å². The number of nitrogens with zero attached hydrogens (tertiary/aromatic N) is 2. The van der Waals surface area contributed by atoms with Crippen molar-refractivity contribution in [1.29, 1.82) is 0 Å². The number of carbonyl (C=O) groups is 1. The summed E-state index contributed by atoms with van der Waals surface area (Å²) in [6.07, 6.45) is 1.26. The summed E-state index contributed by atoms with van der Waals surface area (Å²) < 4.78 is 13.4. The first-order valence-electron chi connectivity index (χ1n) is 5.48. The zero-order valence-electron chi connectivity index (χ0n) is 10.2. The highest BCUT2D eigenvalue weighted by atomic mass is 19.1. The van der Waals surface area contributed by atoms with Crippen LogP contribution in [0.2, 0.25) is 0 Å². The standard InChI is InChI=1S/C11H17FN4O/c1-7(2)4-13-9(17)5-14-11-10(12)8(3)15-6-16-11/h6-7H,4-5H2,1-3H3,(H,13,17)(H,14,15,16). The second-order valence-electron chi connectivity index (χ2n) is 4.17. The van der Waals surface area contributed by atoms with Crippen LogP contribution in [0.5, 0.6) is 0 Å². The molecule has 0 saturated heterocycles. The van der Waals surface area contributed by atoms with Crippen molar-refractivity contribution in [1.82, 2.24) is 15.3 Å². The molecule has 0 aliphatic heterocycles. The lowest BCUT2D eigenvalue weighted by atomic mass is 10.2.